The Morgan fingerprint density at radius 3 is 2.32 bits per heavy atom. The number of hydrogen-bond acceptors (Lipinski definition) is 4. The van der Waals surface area contributed by atoms with Crippen LogP contribution < -0.4 is 0 Å². The maximum absolute atomic E-state index is 12.2. The summed E-state index contributed by atoms with van der Waals surface area (Å²) in [6, 6.07) is 0. The predicted octanol–water partition coefficient (Wildman–Crippen LogP) is 2.31. The van der Waals surface area contributed by atoms with Crippen LogP contribution in [0.25, 0.3) is 0 Å². The first kappa shape index (κ1) is 12.9. The molecule has 4 bridgehead atoms. The molecule has 0 aromatic rings. The first-order valence-corrected chi connectivity index (χ1v) is 7.19. The smallest absolute Gasteiger partial charge is 0.311 e. The van der Waals surface area contributed by atoms with Crippen LogP contribution in [0.4, 0.5) is 0 Å². The van der Waals surface area contributed by atoms with Crippen molar-refractivity contribution in [2.45, 2.75) is 45.4 Å². The van der Waals surface area contributed by atoms with E-state index in [1.807, 2.05) is 0 Å². The van der Waals surface area contributed by atoms with E-state index in [0.717, 1.165) is 32.1 Å². The molecule has 4 fully saturated rings. The number of carbonyl (C=O) groups is 2. The number of ether oxygens (including phenoxy) is 2. The summed E-state index contributed by atoms with van der Waals surface area (Å²) in [6.07, 6.45) is 6.23. The summed E-state index contributed by atoms with van der Waals surface area (Å²) in [5.41, 5.74) is -0.261. The Morgan fingerprint density at radius 1 is 1.16 bits per heavy atom. The van der Waals surface area contributed by atoms with Crippen LogP contribution in [0.5, 0.6) is 0 Å². The predicted molar refractivity (Wildman–Crippen MR) is 68.2 cm³/mol. The minimum Gasteiger partial charge on any atom is -0.469 e. The van der Waals surface area contributed by atoms with Crippen molar-refractivity contribution in [1.82, 2.24) is 0 Å². The standard InChI is InChI=1S/C15H22O4/c1-10(16)19-9-14-4-11-3-12(5-14)7-15(6-11,8-14)13(17)18-2/h11-12H,3-9H2,1-2H3. The van der Waals surface area contributed by atoms with Crippen molar-refractivity contribution >= 4 is 11.9 Å². The van der Waals surface area contributed by atoms with E-state index in [4.69, 9.17) is 9.47 Å². The van der Waals surface area contributed by atoms with Crippen LogP contribution in [0.3, 0.4) is 0 Å². The lowest BCUT2D eigenvalue weighted by Gasteiger charge is -2.60. The highest BCUT2D eigenvalue weighted by Crippen LogP contribution is 2.65. The van der Waals surface area contributed by atoms with Crippen molar-refractivity contribution < 1.29 is 19.1 Å². The molecule has 4 heteroatoms. The van der Waals surface area contributed by atoms with Gasteiger partial charge in [-0.2, -0.15) is 0 Å². The van der Waals surface area contributed by atoms with Crippen molar-refractivity contribution in [3.8, 4) is 0 Å². The molecule has 0 amide bonds. The van der Waals surface area contributed by atoms with Crippen molar-refractivity contribution in [3.05, 3.63) is 0 Å². The SMILES string of the molecule is COC(=O)C12CC3CC(CC(COC(C)=O)(C3)C1)C2. The van der Waals surface area contributed by atoms with E-state index in [1.165, 1.54) is 20.5 Å². The molecule has 2 unspecified atom stereocenters. The largest absolute Gasteiger partial charge is 0.469 e. The summed E-state index contributed by atoms with van der Waals surface area (Å²) in [6.45, 7) is 1.94. The fourth-order valence-electron chi connectivity index (χ4n) is 5.33. The average molecular weight is 266 g/mol. The topological polar surface area (TPSA) is 52.6 Å². The molecule has 0 saturated heterocycles. The third-order valence-corrected chi connectivity index (χ3v) is 5.38. The average Bonchev–Trinajstić information content (AvgIpc) is 2.34. The molecule has 4 aliphatic rings. The minimum atomic E-state index is -0.293. The molecule has 0 aromatic heterocycles. The molecule has 19 heavy (non-hydrogen) atoms. The van der Waals surface area contributed by atoms with E-state index in [2.05, 4.69) is 0 Å². The monoisotopic (exact) mass is 266 g/mol. The van der Waals surface area contributed by atoms with Crippen LogP contribution >= 0.6 is 0 Å². The van der Waals surface area contributed by atoms with Gasteiger partial charge < -0.3 is 9.47 Å². The van der Waals surface area contributed by atoms with E-state index >= 15 is 0 Å². The van der Waals surface area contributed by atoms with Gasteiger partial charge in [-0.1, -0.05) is 0 Å². The molecule has 106 valence electrons. The van der Waals surface area contributed by atoms with E-state index in [0.29, 0.717) is 18.4 Å². The van der Waals surface area contributed by atoms with Crippen LogP contribution in [0.15, 0.2) is 0 Å². The summed E-state index contributed by atoms with van der Waals surface area (Å²) >= 11 is 0. The fraction of sp³-hybridized carbons (Fsp3) is 0.867. The Labute approximate surface area is 113 Å². The molecule has 4 aliphatic carbocycles. The zero-order chi connectivity index (χ0) is 13.7. The van der Waals surface area contributed by atoms with Gasteiger partial charge in [0, 0.05) is 12.3 Å². The highest BCUT2D eigenvalue weighted by Gasteiger charge is 2.61. The summed E-state index contributed by atoms with van der Waals surface area (Å²) in [4.78, 5) is 23.3. The van der Waals surface area contributed by atoms with Crippen LogP contribution in [0, 0.1) is 22.7 Å². The summed E-state index contributed by atoms with van der Waals surface area (Å²) in [5.74, 6) is 0.948. The maximum atomic E-state index is 12.2. The Hall–Kier alpha value is -1.06. The highest BCUT2D eigenvalue weighted by atomic mass is 16.5. The van der Waals surface area contributed by atoms with Gasteiger partial charge in [0.05, 0.1) is 19.1 Å². The zero-order valence-electron chi connectivity index (χ0n) is 11.7. The minimum absolute atomic E-state index is 0.0317. The van der Waals surface area contributed by atoms with Crippen molar-refractivity contribution in [2.75, 3.05) is 13.7 Å². The van der Waals surface area contributed by atoms with Gasteiger partial charge in [-0.3, -0.25) is 9.59 Å². The molecule has 4 nitrogen and oxygen atoms in total. The van der Waals surface area contributed by atoms with E-state index in [-0.39, 0.29) is 22.8 Å². The molecule has 0 aliphatic heterocycles. The molecular formula is C15H22O4. The molecule has 0 aromatic carbocycles. The Kier molecular flexibility index (Phi) is 2.88. The molecule has 0 spiro atoms. The summed E-state index contributed by atoms with van der Waals surface area (Å²) in [7, 11) is 1.49. The van der Waals surface area contributed by atoms with Gasteiger partial charge in [-0.05, 0) is 50.4 Å². The molecule has 0 N–H and O–H groups in total. The number of esters is 2. The molecule has 2 atom stereocenters. The Balaban J connectivity index is 1.84. The molecule has 4 saturated carbocycles. The van der Waals surface area contributed by atoms with Gasteiger partial charge in [-0.15, -0.1) is 0 Å². The summed E-state index contributed by atoms with van der Waals surface area (Å²) in [5, 5.41) is 0. The van der Waals surface area contributed by atoms with Gasteiger partial charge in [0.25, 0.3) is 0 Å². The quantitative estimate of drug-likeness (QED) is 0.736. The number of methoxy groups -OCH3 is 1. The first-order valence-electron chi connectivity index (χ1n) is 7.19. The maximum Gasteiger partial charge on any atom is 0.311 e. The molecule has 0 radical (unpaired) electrons. The van der Waals surface area contributed by atoms with Gasteiger partial charge in [0.15, 0.2) is 0 Å². The fourth-order valence-corrected chi connectivity index (χ4v) is 5.33. The first-order chi connectivity index (χ1) is 8.97. The second kappa shape index (κ2) is 4.22. The number of hydrogen-bond donors (Lipinski definition) is 0. The number of carbonyl (C=O) groups excluding carboxylic acids is 2. The third-order valence-electron chi connectivity index (χ3n) is 5.38. The second-order valence-electron chi connectivity index (χ2n) is 7.01. The number of rotatable bonds is 3. The van der Waals surface area contributed by atoms with Gasteiger partial charge in [0.2, 0.25) is 0 Å². The van der Waals surface area contributed by atoms with E-state index < -0.39 is 0 Å². The van der Waals surface area contributed by atoms with Gasteiger partial charge in [0.1, 0.15) is 0 Å². The lowest BCUT2D eigenvalue weighted by atomic mass is 9.44. The molecular weight excluding hydrogens is 244 g/mol. The van der Waals surface area contributed by atoms with E-state index in [1.54, 1.807) is 0 Å². The summed E-state index contributed by atoms with van der Waals surface area (Å²) < 4.78 is 10.4. The Bertz CT molecular complexity index is 400. The Morgan fingerprint density at radius 2 is 1.79 bits per heavy atom. The van der Waals surface area contributed by atoms with Gasteiger partial charge >= 0.3 is 11.9 Å². The van der Waals surface area contributed by atoms with Crippen LogP contribution in [-0.2, 0) is 19.1 Å². The van der Waals surface area contributed by atoms with E-state index in [9.17, 15) is 9.59 Å². The molecule has 0 heterocycles. The van der Waals surface area contributed by atoms with Crippen molar-refractivity contribution in [3.63, 3.8) is 0 Å². The second-order valence-corrected chi connectivity index (χ2v) is 7.01. The third kappa shape index (κ3) is 2.05. The van der Waals surface area contributed by atoms with Crippen molar-refractivity contribution in [1.29, 1.82) is 0 Å². The van der Waals surface area contributed by atoms with Crippen LogP contribution in [-0.4, -0.2) is 25.7 Å². The van der Waals surface area contributed by atoms with Crippen LogP contribution in [0.1, 0.15) is 45.4 Å². The van der Waals surface area contributed by atoms with Crippen LogP contribution in [0.2, 0.25) is 0 Å². The zero-order valence-corrected chi connectivity index (χ0v) is 11.7. The highest BCUT2D eigenvalue weighted by molar-refractivity contribution is 5.77. The van der Waals surface area contributed by atoms with Gasteiger partial charge in [-0.25, -0.2) is 0 Å². The normalized spacial score (nSPS) is 43.1. The van der Waals surface area contributed by atoms with Crippen molar-refractivity contribution in [2.24, 2.45) is 22.7 Å². The lowest BCUT2D eigenvalue weighted by Crippen LogP contribution is -2.56. The molecule has 4 rings (SSSR count). The lowest BCUT2D eigenvalue weighted by molar-refractivity contribution is -0.186.